The molecule has 0 aromatic heterocycles. The van der Waals surface area contributed by atoms with Crippen LogP contribution in [0.15, 0.2) is 41.0 Å². The number of aliphatic hydroxyl groups excluding tert-OH is 1. The largest absolute Gasteiger partial charge is 0.497 e. The van der Waals surface area contributed by atoms with E-state index in [1.807, 2.05) is 18.0 Å². The van der Waals surface area contributed by atoms with Crippen molar-refractivity contribution in [2.24, 2.45) is 11.8 Å². The third kappa shape index (κ3) is 6.89. The molecule has 0 unspecified atom stereocenters. The molecule has 1 aromatic carbocycles. The molecule has 0 saturated heterocycles. The molecular formula is C28H42N2O7S. The van der Waals surface area contributed by atoms with Crippen LogP contribution in [0.3, 0.4) is 0 Å². The Kier molecular flexibility index (Phi) is 10.1. The van der Waals surface area contributed by atoms with Crippen LogP contribution in [0.4, 0.5) is 0 Å². The Balaban J connectivity index is 1.39. The maximum absolute atomic E-state index is 13.4. The molecular weight excluding hydrogens is 508 g/mol. The van der Waals surface area contributed by atoms with Gasteiger partial charge in [-0.15, -0.1) is 0 Å². The number of aliphatic hydroxyl groups is 1. The number of ether oxygens (including phenoxy) is 3. The van der Waals surface area contributed by atoms with E-state index in [-0.39, 0.29) is 49.1 Å². The maximum Gasteiger partial charge on any atom is 0.288 e. The zero-order valence-corrected chi connectivity index (χ0v) is 23.4. The SMILES string of the molecule is COc1ccc(S(=O)(=O)N(CCO)CCO[C@H]2C[C@@H](C3CCC3)C=C(C(=O)N(C)C3CCCCC3)O2)cc1. The molecule has 38 heavy (non-hydrogen) atoms. The smallest absolute Gasteiger partial charge is 0.288 e. The van der Waals surface area contributed by atoms with Crippen molar-refractivity contribution in [3.8, 4) is 5.75 Å². The van der Waals surface area contributed by atoms with Crippen molar-refractivity contribution in [2.75, 3.05) is 40.5 Å². The van der Waals surface area contributed by atoms with E-state index in [2.05, 4.69) is 0 Å². The highest BCUT2D eigenvalue weighted by Crippen LogP contribution is 2.40. The molecule has 1 N–H and O–H groups in total. The topological polar surface area (TPSA) is 106 Å². The Morgan fingerprint density at radius 1 is 1.05 bits per heavy atom. The lowest BCUT2D eigenvalue weighted by atomic mass is 9.73. The van der Waals surface area contributed by atoms with E-state index in [0.29, 0.717) is 23.8 Å². The Labute approximate surface area is 226 Å². The van der Waals surface area contributed by atoms with Gasteiger partial charge >= 0.3 is 0 Å². The molecule has 2 atom stereocenters. The molecule has 10 heteroatoms. The first-order valence-corrected chi connectivity index (χ1v) is 15.3. The number of hydrogen-bond acceptors (Lipinski definition) is 7. The highest BCUT2D eigenvalue weighted by Gasteiger charge is 2.36. The second-order valence-electron chi connectivity index (χ2n) is 10.6. The van der Waals surface area contributed by atoms with Crippen molar-refractivity contribution in [2.45, 2.75) is 75.0 Å². The summed E-state index contributed by atoms with van der Waals surface area (Å²) in [5.74, 6) is 1.54. The zero-order valence-electron chi connectivity index (χ0n) is 22.6. The molecule has 1 heterocycles. The van der Waals surface area contributed by atoms with Crippen LogP contribution in [-0.4, -0.2) is 81.4 Å². The Morgan fingerprint density at radius 2 is 1.76 bits per heavy atom. The molecule has 2 aliphatic carbocycles. The molecule has 0 radical (unpaired) electrons. The molecule has 212 valence electrons. The van der Waals surface area contributed by atoms with Gasteiger partial charge in [0.05, 0.1) is 25.2 Å². The van der Waals surface area contributed by atoms with Crippen LogP contribution < -0.4 is 4.74 Å². The number of benzene rings is 1. The predicted octanol–water partition coefficient (Wildman–Crippen LogP) is 3.53. The molecule has 9 nitrogen and oxygen atoms in total. The molecule has 4 rings (SSSR count). The summed E-state index contributed by atoms with van der Waals surface area (Å²) in [5, 5.41) is 9.52. The summed E-state index contributed by atoms with van der Waals surface area (Å²) < 4.78 is 44.8. The Morgan fingerprint density at radius 3 is 2.37 bits per heavy atom. The van der Waals surface area contributed by atoms with Crippen LogP contribution in [0.25, 0.3) is 0 Å². The molecule has 1 aliphatic heterocycles. The van der Waals surface area contributed by atoms with Crippen molar-refractivity contribution >= 4 is 15.9 Å². The van der Waals surface area contributed by atoms with Crippen LogP contribution in [-0.2, 0) is 24.3 Å². The van der Waals surface area contributed by atoms with E-state index in [4.69, 9.17) is 14.2 Å². The number of methoxy groups -OCH3 is 1. The highest BCUT2D eigenvalue weighted by molar-refractivity contribution is 7.89. The lowest BCUT2D eigenvalue weighted by Gasteiger charge is -2.39. The molecule has 1 aromatic rings. The minimum atomic E-state index is -3.83. The van der Waals surface area contributed by atoms with Crippen molar-refractivity contribution in [3.63, 3.8) is 0 Å². The number of likely N-dealkylation sites (N-methyl/N-ethyl adjacent to an activating group) is 1. The Bertz CT molecular complexity index is 1050. The summed E-state index contributed by atoms with van der Waals surface area (Å²) in [6, 6.07) is 6.38. The molecule has 0 spiro atoms. The van der Waals surface area contributed by atoms with Gasteiger partial charge in [0.15, 0.2) is 5.76 Å². The third-order valence-corrected chi connectivity index (χ3v) is 10.1. The van der Waals surface area contributed by atoms with E-state index in [1.54, 1.807) is 12.1 Å². The quantitative estimate of drug-likeness (QED) is 0.424. The summed E-state index contributed by atoms with van der Waals surface area (Å²) in [6.45, 7) is -0.229. The monoisotopic (exact) mass is 550 g/mol. The first-order valence-electron chi connectivity index (χ1n) is 13.9. The molecule has 0 bridgehead atoms. The molecule has 1 amide bonds. The van der Waals surface area contributed by atoms with Gasteiger partial charge in [0.1, 0.15) is 5.75 Å². The highest BCUT2D eigenvalue weighted by atomic mass is 32.2. The molecule has 2 saturated carbocycles. The number of hydrogen-bond donors (Lipinski definition) is 1. The average Bonchev–Trinajstić information content (AvgIpc) is 2.91. The summed E-state index contributed by atoms with van der Waals surface area (Å²) >= 11 is 0. The lowest BCUT2D eigenvalue weighted by molar-refractivity contribution is -0.158. The number of carbonyl (C=O) groups is 1. The van der Waals surface area contributed by atoms with E-state index in [0.717, 1.165) is 38.5 Å². The predicted molar refractivity (Wildman–Crippen MR) is 143 cm³/mol. The zero-order chi connectivity index (χ0) is 27.1. The van der Waals surface area contributed by atoms with Gasteiger partial charge in [-0.2, -0.15) is 4.31 Å². The number of rotatable bonds is 12. The van der Waals surface area contributed by atoms with Crippen LogP contribution in [0.1, 0.15) is 57.8 Å². The van der Waals surface area contributed by atoms with Crippen LogP contribution in [0, 0.1) is 11.8 Å². The van der Waals surface area contributed by atoms with Gasteiger partial charge in [-0.1, -0.05) is 25.7 Å². The van der Waals surface area contributed by atoms with Crippen molar-refractivity contribution in [1.29, 1.82) is 0 Å². The summed E-state index contributed by atoms with van der Waals surface area (Å²) in [4.78, 5) is 15.3. The van der Waals surface area contributed by atoms with Gasteiger partial charge in [0.25, 0.3) is 5.91 Å². The second kappa shape index (κ2) is 13.3. The van der Waals surface area contributed by atoms with Gasteiger partial charge in [0.2, 0.25) is 16.3 Å². The standard InChI is InChI=1S/C28H42N2O7S/c1-29(23-9-4-3-5-10-23)28(32)26-19-22(21-7-6-8-21)20-27(37-26)36-18-16-30(15-17-31)38(33,34)25-13-11-24(35-2)12-14-25/h11-14,19,21-23,27,31H,3-10,15-18,20H2,1-2H3/t22-,27+/m0/s1. The normalized spacial score (nSPS) is 22.9. The molecule has 2 fully saturated rings. The average molecular weight is 551 g/mol. The van der Waals surface area contributed by atoms with Crippen molar-refractivity contribution in [1.82, 2.24) is 9.21 Å². The van der Waals surface area contributed by atoms with Crippen LogP contribution >= 0.6 is 0 Å². The van der Waals surface area contributed by atoms with E-state index in [1.165, 1.54) is 36.4 Å². The molecule has 3 aliphatic rings. The number of carbonyl (C=O) groups excluding carboxylic acids is 1. The fourth-order valence-electron chi connectivity index (χ4n) is 5.59. The van der Waals surface area contributed by atoms with Gasteiger partial charge in [-0.3, -0.25) is 4.79 Å². The third-order valence-electron chi connectivity index (χ3n) is 8.19. The summed E-state index contributed by atoms with van der Waals surface area (Å²) in [5.41, 5.74) is 0. The van der Waals surface area contributed by atoms with Gasteiger partial charge in [-0.25, -0.2) is 8.42 Å². The lowest BCUT2D eigenvalue weighted by Crippen LogP contribution is -2.42. The summed E-state index contributed by atoms with van der Waals surface area (Å²) in [7, 11) is -0.452. The fourth-order valence-corrected chi connectivity index (χ4v) is 7.00. The first-order chi connectivity index (χ1) is 18.3. The van der Waals surface area contributed by atoms with E-state index >= 15 is 0 Å². The van der Waals surface area contributed by atoms with E-state index < -0.39 is 16.3 Å². The van der Waals surface area contributed by atoms with E-state index in [9.17, 15) is 18.3 Å². The number of allylic oxidation sites excluding steroid dienone is 1. The van der Waals surface area contributed by atoms with Gasteiger partial charge < -0.3 is 24.2 Å². The first kappa shape index (κ1) is 28.9. The second-order valence-corrected chi connectivity index (χ2v) is 12.5. The fraction of sp³-hybridized carbons (Fsp3) is 0.679. The minimum Gasteiger partial charge on any atom is -0.497 e. The summed E-state index contributed by atoms with van der Waals surface area (Å²) in [6.07, 6.45) is 11.0. The number of amides is 1. The number of sulfonamides is 1. The van der Waals surface area contributed by atoms with Crippen molar-refractivity contribution < 1.29 is 32.5 Å². The van der Waals surface area contributed by atoms with Crippen LogP contribution in [0.5, 0.6) is 5.75 Å². The number of nitrogens with zero attached hydrogens (tertiary/aromatic N) is 2. The van der Waals surface area contributed by atoms with Gasteiger partial charge in [-0.05, 0) is 67.9 Å². The maximum atomic E-state index is 13.4. The minimum absolute atomic E-state index is 0.0518. The van der Waals surface area contributed by atoms with Crippen LogP contribution in [0.2, 0.25) is 0 Å². The van der Waals surface area contributed by atoms with Crippen molar-refractivity contribution in [3.05, 3.63) is 36.1 Å². The Hall–Kier alpha value is -2.14. The van der Waals surface area contributed by atoms with Gasteiger partial charge in [0, 0.05) is 32.6 Å².